The zero-order chi connectivity index (χ0) is 27.0. The first kappa shape index (κ1) is 24.3. The van der Waals surface area contributed by atoms with E-state index in [1.54, 1.807) is 6.07 Å². The van der Waals surface area contributed by atoms with Gasteiger partial charge >= 0.3 is 6.01 Å². The van der Waals surface area contributed by atoms with Crippen molar-refractivity contribution < 1.29 is 14.2 Å². The number of aryl methyl sites for hydroxylation is 1. The van der Waals surface area contributed by atoms with Crippen LogP contribution in [0.3, 0.4) is 0 Å². The van der Waals surface area contributed by atoms with Gasteiger partial charge in [-0.05, 0) is 78.4 Å². The zero-order valence-corrected chi connectivity index (χ0v) is 22.7. The van der Waals surface area contributed by atoms with Gasteiger partial charge in [0.2, 0.25) is 0 Å². The zero-order valence-electron chi connectivity index (χ0n) is 22.7. The molecule has 5 fully saturated rings. The Balaban J connectivity index is 1.24. The molecule has 0 aliphatic carbocycles. The molecule has 4 atom stereocenters. The number of nitrogens with one attached hydrogen (secondary N) is 1. The molecule has 2 N–H and O–H groups in total. The highest BCUT2D eigenvalue weighted by atomic mass is 19.1. The van der Waals surface area contributed by atoms with E-state index in [4.69, 9.17) is 14.7 Å². The van der Waals surface area contributed by atoms with E-state index in [-0.39, 0.29) is 11.3 Å². The van der Waals surface area contributed by atoms with Gasteiger partial charge in [0.1, 0.15) is 24.3 Å². The number of hydrogen-bond donors (Lipinski definition) is 2. The first-order valence-corrected chi connectivity index (χ1v) is 14.5. The molecular weight excluding hydrogens is 505 g/mol. The van der Waals surface area contributed by atoms with Crippen molar-refractivity contribution in [1.82, 2.24) is 20.2 Å². The van der Waals surface area contributed by atoms with Crippen molar-refractivity contribution in [3.05, 3.63) is 54.1 Å². The molecule has 0 saturated carbocycles. The molecule has 0 amide bonds. The van der Waals surface area contributed by atoms with Gasteiger partial charge in [-0.3, -0.25) is 4.90 Å². The smallest absolute Gasteiger partial charge is 0.319 e. The monoisotopic (exact) mass is 539 g/mol. The normalized spacial score (nSPS) is 27.8. The van der Waals surface area contributed by atoms with Crippen molar-refractivity contribution in [3.63, 3.8) is 0 Å². The second-order valence-corrected chi connectivity index (χ2v) is 12.2. The van der Waals surface area contributed by atoms with Crippen LogP contribution < -0.4 is 15.0 Å². The Labute approximate surface area is 233 Å². The average molecular weight is 540 g/mol. The number of anilines is 1. The number of phenolic OH excluding ortho intramolecular Hbond substituents is 1. The van der Waals surface area contributed by atoms with Crippen LogP contribution in [0.15, 0.2) is 48.5 Å². The lowest BCUT2D eigenvalue weighted by Crippen LogP contribution is -2.67. The van der Waals surface area contributed by atoms with Crippen LogP contribution >= 0.6 is 0 Å². The summed E-state index contributed by atoms with van der Waals surface area (Å²) in [6.07, 6.45) is 2.94. The van der Waals surface area contributed by atoms with Crippen molar-refractivity contribution in [2.75, 3.05) is 37.7 Å². The molecule has 2 bridgehead atoms. The molecule has 0 radical (unpaired) electrons. The van der Waals surface area contributed by atoms with Crippen LogP contribution in [0, 0.1) is 6.92 Å². The fourth-order valence-corrected chi connectivity index (χ4v) is 7.75. The SMILES string of the molecule is Cc1c(-c2cc(O)cc3ccccc23)ccc2c(N3C[C@H]4C[C@@H](C3)N4)nc(OC[C@@]34CCCN3C[C@H](F)C4)nc12. The highest BCUT2D eigenvalue weighted by Crippen LogP contribution is 2.42. The summed E-state index contributed by atoms with van der Waals surface area (Å²) in [7, 11) is 0. The van der Waals surface area contributed by atoms with Gasteiger partial charge in [0.05, 0.1) is 11.1 Å². The lowest BCUT2D eigenvalue weighted by atomic mass is 9.90. The minimum atomic E-state index is -0.800. The van der Waals surface area contributed by atoms with E-state index < -0.39 is 6.17 Å². The van der Waals surface area contributed by atoms with Crippen LogP contribution in [-0.2, 0) is 0 Å². The summed E-state index contributed by atoms with van der Waals surface area (Å²) >= 11 is 0. The lowest BCUT2D eigenvalue weighted by Gasteiger charge is -2.48. The van der Waals surface area contributed by atoms with Gasteiger partial charge < -0.3 is 20.1 Å². The number of alkyl halides is 1. The Morgan fingerprint density at radius 3 is 2.73 bits per heavy atom. The Morgan fingerprint density at radius 1 is 1.05 bits per heavy atom. The van der Waals surface area contributed by atoms with E-state index in [0.717, 1.165) is 76.7 Å². The number of rotatable bonds is 5. The summed E-state index contributed by atoms with van der Waals surface area (Å²) in [5.74, 6) is 1.14. The number of aromatic nitrogens is 2. The standard InChI is InChI=1S/C32H34FN5O2/c1-19-25(28-13-24(39)11-20-5-2-3-6-26(20)28)7-8-27-29(19)35-31(36-30(27)37-16-22-12-23(17-37)34-22)40-18-32-9-4-10-38(32)15-21(33)14-32/h2-3,5-8,11,13,21-23,34,39H,4,9-10,12,14-18H2,1H3/t21-,22-,23+,32+/m1/s1. The minimum absolute atomic E-state index is 0.240. The maximum Gasteiger partial charge on any atom is 0.319 e. The molecule has 40 heavy (non-hydrogen) atoms. The number of hydrogen-bond acceptors (Lipinski definition) is 7. The minimum Gasteiger partial charge on any atom is -0.508 e. The molecule has 3 aromatic carbocycles. The molecule has 7 nitrogen and oxygen atoms in total. The van der Waals surface area contributed by atoms with Gasteiger partial charge in [-0.25, -0.2) is 4.39 Å². The Kier molecular flexibility index (Phi) is 5.48. The second-order valence-electron chi connectivity index (χ2n) is 12.2. The summed E-state index contributed by atoms with van der Waals surface area (Å²) in [6, 6.07) is 17.3. The predicted octanol–water partition coefficient (Wildman–Crippen LogP) is 4.97. The van der Waals surface area contributed by atoms with Crippen molar-refractivity contribution in [2.45, 2.75) is 56.4 Å². The summed E-state index contributed by atoms with van der Waals surface area (Å²) < 4.78 is 20.8. The summed E-state index contributed by atoms with van der Waals surface area (Å²) in [4.78, 5) is 14.6. The van der Waals surface area contributed by atoms with Crippen LogP contribution in [0.2, 0.25) is 0 Å². The molecule has 6 heterocycles. The largest absolute Gasteiger partial charge is 0.508 e. The van der Waals surface area contributed by atoms with Crippen molar-refractivity contribution >= 4 is 27.5 Å². The Bertz CT molecular complexity index is 1630. The number of fused-ring (bicyclic) bond motifs is 5. The molecule has 0 unspecified atom stereocenters. The highest BCUT2D eigenvalue weighted by Gasteiger charge is 2.49. The number of phenols is 1. The van der Waals surface area contributed by atoms with E-state index >= 15 is 0 Å². The van der Waals surface area contributed by atoms with Crippen molar-refractivity contribution in [1.29, 1.82) is 0 Å². The first-order chi connectivity index (χ1) is 19.5. The van der Waals surface area contributed by atoms with Gasteiger partial charge in [0.25, 0.3) is 0 Å². The summed E-state index contributed by atoms with van der Waals surface area (Å²) in [5.41, 5.74) is 3.61. The molecule has 5 saturated heterocycles. The molecule has 1 aromatic heterocycles. The molecule has 206 valence electrons. The van der Waals surface area contributed by atoms with E-state index in [9.17, 15) is 9.50 Å². The van der Waals surface area contributed by atoms with E-state index in [1.807, 2.05) is 24.3 Å². The van der Waals surface area contributed by atoms with Crippen LogP contribution in [-0.4, -0.2) is 76.6 Å². The molecular formula is C32H34FN5O2. The van der Waals surface area contributed by atoms with Gasteiger partial charge in [-0.15, -0.1) is 0 Å². The number of halogens is 1. The van der Waals surface area contributed by atoms with Crippen LogP contribution in [0.4, 0.5) is 10.2 Å². The second kappa shape index (κ2) is 9.01. The number of aromatic hydroxyl groups is 1. The van der Waals surface area contributed by atoms with Gasteiger partial charge in [-0.1, -0.05) is 30.3 Å². The highest BCUT2D eigenvalue weighted by molar-refractivity contribution is 6.02. The molecule has 5 aliphatic rings. The maximum atomic E-state index is 14.4. The van der Waals surface area contributed by atoms with Gasteiger partial charge in [0, 0.05) is 43.5 Å². The fraction of sp³-hybridized carbons (Fsp3) is 0.438. The number of benzene rings is 3. The van der Waals surface area contributed by atoms with Gasteiger partial charge in [0.15, 0.2) is 0 Å². The molecule has 4 aromatic rings. The third kappa shape index (κ3) is 3.84. The average Bonchev–Trinajstić information content (AvgIpc) is 3.47. The van der Waals surface area contributed by atoms with Crippen LogP contribution in [0.1, 0.15) is 31.2 Å². The fourth-order valence-electron chi connectivity index (χ4n) is 7.75. The molecule has 9 rings (SSSR count). The van der Waals surface area contributed by atoms with E-state index in [1.165, 1.54) is 6.42 Å². The van der Waals surface area contributed by atoms with Crippen LogP contribution in [0.5, 0.6) is 11.8 Å². The molecule has 0 spiro atoms. The number of ether oxygens (including phenoxy) is 1. The molecule has 5 aliphatic heterocycles. The summed E-state index contributed by atoms with van der Waals surface area (Å²) in [6.45, 7) is 5.73. The van der Waals surface area contributed by atoms with Crippen LogP contribution in [0.25, 0.3) is 32.8 Å². The molecule has 8 heteroatoms. The first-order valence-electron chi connectivity index (χ1n) is 14.5. The third-order valence-corrected chi connectivity index (χ3v) is 9.67. The summed E-state index contributed by atoms with van der Waals surface area (Å²) in [5, 5.41) is 17.2. The topological polar surface area (TPSA) is 73.8 Å². The predicted molar refractivity (Wildman–Crippen MR) is 155 cm³/mol. The van der Waals surface area contributed by atoms with Crippen molar-refractivity contribution in [3.8, 4) is 22.9 Å². The third-order valence-electron chi connectivity index (χ3n) is 9.67. The number of piperidine rings is 1. The quantitative estimate of drug-likeness (QED) is 0.371. The number of nitrogens with zero attached hydrogens (tertiary/aromatic N) is 4. The van der Waals surface area contributed by atoms with E-state index in [2.05, 4.69) is 40.2 Å². The van der Waals surface area contributed by atoms with E-state index in [0.29, 0.717) is 37.7 Å². The van der Waals surface area contributed by atoms with Gasteiger partial charge in [-0.2, -0.15) is 9.97 Å². The maximum absolute atomic E-state index is 14.4. The Morgan fingerprint density at radius 2 is 1.88 bits per heavy atom. The number of piperazine rings is 1. The van der Waals surface area contributed by atoms with Crippen molar-refractivity contribution in [2.24, 2.45) is 0 Å². The Hall–Kier alpha value is -3.49. The lowest BCUT2D eigenvalue weighted by molar-refractivity contribution is 0.107.